The zero-order chi connectivity index (χ0) is 18.2. The van der Waals surface area contributed by atoms with Gasteiger partial charge in [0.1, 0.15) is 18.1 Å². The number of ether oxygens (including phenoxy) is 2. The Hall–Kier alpha value is -2.49. The number of aryl methyl sites for hydroxylation is 3. The van der Waals surface area contributed by atoms with E-state index in [-0.39, 0.29) is 5.91 Å². The van der Waals surface area contributed by atoms with Crippen molar-refractivity contribution in [3.05, 3.63) is 59.2 Å². The predicted octanol–water partition coefficient (Wildman–Crippen LogP) is 3.83. The van der Waals surface area contributed by atoms with E-state index in [1.807, 2.05) is 56.3 Å². The van der Waals surface area contributed by atoms with Crippen LogP contribution in [0, 0.1) is 13.8 Å². The molecule has 1 atom stereocenters. The van der Waals surface area contributed by atoms with Gasteiger partial charge in [0.25, 0.3) is 5.91 Å². The van der Waals surface area contributed by atoms with Crippen LogP contribution in [-0.4, -0.2) is 25.2 Å². The van der Waals surface area contributed by atoms with Gasteiger partial charge in [-0.2, -0.15) is 0 Å². The molecule has 0 aliphatic carbocycles. The summed E-state index contributed by atoms with van der Waals surface area (Å²) in [6, 6.07) is 14.0. The lowest BCUT2D eigenvalue weighted by molar-refractivity contribution is -0.127. The Kier molecular flexibility index (Phi) is 6.87. The number of carbonyl (C=O) groups is 1. The van der Waals surface area contributed by atoms with Crippen molar-refractivity contribution in [3.63, 3.8) is 0 Å². The Bertz CT molecular complexity index is 695. The Morgan fingerprint density at radius 2 is 1.84 bits per heavy atom. The van der Waals surface area contributed by atoms with Crippen molar-refractivity contribution in [1.82, 2.24) is 5.32 Å². The lowest BCUT2D eigenvalue weighted by atomic mass is 10.1. The summed E-state index contributed by atoms with van der Waals surface area (Å²) in [4.78, 5) is 12.1. The van der Waals surface area contributed by atoms with Crippen LogP contribution in [-0.2, 0) is 11.2 Å². The highest BCUT2D eigenvalue weighted by atomic mass is 16.5. The summed E-state index contributed by atoms with van der Waals surface area (Å²) in [6.07, 6.45) is 0.457. The second-order valence-electron chi connectivity index (χ2n) is 6.17. The minimum absolute atomic E-state index is 0.147. The van der Waals surface area contributed by atoms with Crippen LogP contribution in [0.5, 0.6) is 11.5 Å². The Labute approximate surface area is 150 Å². The van der Waals surface area contributed by atoms with Gasteiger partial charge < -0.3 is 14.8 Å². The smallest absolute Gasteiger partial charge is 0.260 e. The minimum Gasteiger partial charge on any atom is -0.492 e. The maximum atomic E-state index is 12.1. The molecular formula is C21H27NO3. The first-order valence-electron chi connectivity index (χ1n) is 8.73. The van der Waals surface area contributed by atoms with E-state index in [0.717, 1.165) is 29.0 Å². The first kappa shape index (κ1) is 18.8. The molecule has 0 bridgehead atoms. The third-order valence-corrected chi connectivity index (χ3v) is 4.02. The lowest BCUT2D eigenvalue weighted by Gasteiger charge is -2.17. The number of nitrogens with one attached hydrogen (secondary N) is 1. The molecule has 4 nitrogen and oxygen atoms in total. The minimum atomic E-state index is -0.552. The van der Waals surface area contributed by atoms with Crippen LogP contribution in [0.25, 0.3) is 0 Å². The molecule has 1 amide bonds. The fourth-order valence-corrected chi connectivity index (χ4v) is 2.39. The summed E-state index contributed by atoms with van der Waals surface area (Å²) >= 11 is 0. The van der Waals surface area contributed by atoms with E-state index < -0.39 is 6.10 Å². The van der Waals surface area contributed by atoms with Gasteiger partial charge in [-0.25, -0.2) is 0 Å². The van der Waals surface area contributed by atoms with E-state index in [4.69, 9.17) is 9.47 Å². The van der Waals surface area contributed by atoms with Crippen LogP contribution < -0.4 is 14.8 Å². The summed E-state index contributed by atoms with van der Waals surface area (Å²) in [5, 5.41) is 2.84. The standard InChI is InChI=1S/C21H27NO3/c1-5-18-8-10-19(11-9-18)24-13-12-22-21(23)17(4)25-20-14-15(2)6-7-16(20)3/h6-11,14,17H,5,12-13H2,1-4H3,(H,22,23)/t17-/m1/s1. The van der Waals surface area contributed by atoms with Gasteiger partial charge in [0.2, 0.25) is 0 Å². The zero-order valence-corrected chi connectivity index (χ0v) is 15.5. The summed E-state index contributed by atoms with van der Waals surface area (Å²) in [6.45, 7) is 8.70. The third kappa shape index (κ3) is 5.82. The molecule has 0 heterocycles. The highest BCUT2D eigenvalue weighted by Gasteiger charge is 2.15. The zero-order valence-electron chi connectivity index (χ0n) is 15.5. The van der Waals surface area contributed by atoms with E-state index in [1.165, 1.54) is 5.56 Å². The number of benzene rings is 2. The van der Waals surface area contributed by atoms with Crippen molar-refractivity contribution in [1.29, 1.82) is 0 Å². The number of carbonyl (C=O) groups excluding carboxylic acids is 1. The molecule has 0 fully saturated rings. The van der Waals surface area contributed by atoms with Gasteiger partial charge in [-0.15, -0.1) is 0 Å². The molecule has 0 aromatic heterocycles. The first-order chi connectivity index (χ1) is 12.0. The number of rotatable bonds is 8. The van der Waals surface area contributed by atoms with Gasteiger partial charge in [0.15, 0.2) is 6.10 Å². The van der Waals surface area contributed by atoms with Gasteiger partial charge in [-0.1, -0.05) is 31.2 Å². The molecule has 0 saturated heterocycles. The molecule has 0 radical (unpaired) electrons. The summed E-state index contributed by atoms with van der Waals surface area (Å²) in [7, 11) is 0. The van der Waals surface area contributed by atoms with Crippen molar-refractivity contribution in [3.8, 4) is 11.5 Å². The molecule has 1 N–H and O–H groups in total. The van der Waals surface area contributed by atoms with Crippen LogP contribution >= 0.6 is 0 Å². The molecule has 0 saturated carbocycles. The topological polar surface area (TPSA) is 47.6 Å². The van der Waals surface area contributed by atoms with Gasteiger partial charge >= 0.3 is 0 Å². The van der Waals surface area contributed by atoms with Crippen LogP contribution in [0.15, 0.2) is 42.5 Å². The van der Waals surface area contributed by atoms with Gasteiger partial charge in [0, 0.05) is 0 Å². The SMILES string of the molecule is CCc1ccc(OCCNC(=O)[C@@H](C)Oc2cc(C)ccc2C)cc1. The van der Waals surface area contributed by atoms with Gasteiger partial charge in [-0.3, -0.25) is 4.79 Å². The Balaban J connectivity index is 1.74. The van der Waals surface area contributed by atoms with Gasteiger partial charge in [0.05, 0.1) is 6.54 Å². The molecular weight excluding hydrogens is 314 g/mol. The second-order valence-corrected chi connectivity index (χ2v) is 6.17. The summed E-state index contributed by atoms with van der Waals surface area (Å²) in [5.41, 5.74) is 3.40. The Morgan fingerprint density at radius 1 is 1.12 bits per heavy atom. The maximum Gasteiger partial charge on any atom is 0.260 e. The van der Waals surface area contributed by atoms with Crippen molar-refractivity contribution >= 4 is 5.91 Å². The molecule has 0 aliphatic rings. The van der Waals surface area contributed by atoms with E-state index >= 15 is 0 Å². The molecule has 2 rings (SSSR count). The van der Waals surface area contributed by atoms with Crippen molar-refractivity contribution < 1.29 is 14.3 Å². The Morgan fingerprint density at radius 3 is 2.52 bits per heavy atom. The van der Waals surface area contributed by atoms with Gasteiger partial charge in [-0.05, 0) is 62.1 Å². The number of amides is 1. The normalized spacial score (nSPS) is 11.7. The first-order valence-corrected chi connectivity index (χ1v) is 8.73. The largest absolute Gasteiger partial charge is 0.492 e. The molecule has 0 unspecified atom stereocenters. The summed E-state index contributed by atoms with van der Waals surface area (Å²) < 4.78 is 11.4. The lowest BCUT2D eigenvalue weighted by Crippen LogP contribution is -2.38. The fraction of sp³-hybridized carbons (Fsp3) is 0.381. The molecule has 0 spiro atoms. The quantitative estimate of drug-likeness (QED) is 0.742. The van der Waals surface area contributed by atoms with Crippen molar-refractivity contribution in [2.24, 2.45) is 0 Å². The molecule has 0 aliphatic heterocycles. The van der Waals surface area contributed by atoms with E-state index in [0.29, 0.717) is 13.2 Å². The molecule has 2 aromatic carbocycles. The molecule has 25 heavy (non-hydrogen) atoms. The predicted molar refractivity (Wildman–Crippen MR) is 100 cm³/mol. The van der Waals surface area contributed by atoms with Crippen LogP contribution in [0.1, 0.15) is 30.5 Å². The third-order valence-electron chi connectivity index (χ3n) is 4.02. The van der Waals surface area contributed by atoms with Crippen LogP contribution in [0.3, 0.4) is 0 Å². The highest BCUT2D eigenvalue weighted by Crippen LogP contribution is 2.20. The van der Waals surface area contributed by atoms with Crippen molar-refractivity contribution in [2.45, 2.75) is 40.2 Å². The molecule has 2 aromatic rings. The molecule has 134 valence electrons. The number of hydrogen-bond acceptors (Lipinski definition) is 3. The van der Waals surface area contributed by atoms with Crippen molar-refractivity contribution in [2.75, 3.05) is 13.2 Å². The summed E-state index contributed by atoms with van der Waals surface area (Å²) in [5.74, 6) is 1.41. The highest BCUT2D eigenvalue weighted by molar-refractivity contribution is 5.80. The average Bonchev–Trinajstić information content (AvgIpc) is 2.62. The second kappa shape index (κ2) is 9.11. The van der Waals surface area contributed by atoms with Crippen LogP contribution in [0.4, 0.5) is 0 Å². The fourth-order valence-electron chi connectivity index (χ4n) is 2.39. The molecule has 4 heteroatoms. The number of hydrogen-bond donors (Lipinski definition) is 1. The van der Waals surface area contributed by atoms with E-state index in [1.54, 1.807) is 6.92 Å². The average molecular weight is 341 g/mol. The monoisotopic (exact) mass is 341 g/mol. The maximum absolute atomic E-state index is 12.1. The van der Waals surface area contributed by atoms with Crippen LogP contribution in [0.2, 0.25) is 0 Å². The van der Waals surface area contributed by atoms with E-state index in [9.17, 15) is 4.79 Å². The van der Waals surface area contributed by atoms with E-state index in [2.05, 4.69) is 12.2 Å².